The van der Waals surface area contributed by atoms with E-state index in [9.17, 15) is 14.4 Å². The first-order valence-electron chi connectivity index (χ1n) is 15.7. The van der Waals surface area contributed by atoms with Crippen LogP contribution in [-0.2, 0) is 22.6 Å². The zero-order chi connectivity index (χ0) is 33.5. The number of amides is 3. The van der Waals surface area contributed by atoms with Crippen molar-refractivity contribution in [2.45, 2.75) is 53.1 Å². The Morgan fingerprint density at radius 1 is 1.06 bits per heavy atom. The zero-order valence-electron chi connectivity index (χ0n) is 27.4. The van der Waals surface area contributed by atoms with Crippen LogP contribution >= 0.6 is 0 Å². The third-order valence-corrected chi connectivity index (χ3v) is 7.86. The van der Waals surface area contributed by atoms with Gasteiger partial charge in [-0.15, -0.1) is 0 Å². The number of aromatic nitrogens is 4. The van der Waals surface area contributed by atoms with Crippen molar-refractivity contribution in [3.8, 4) is 23.0 Å². The van der Waals surface area contributed by atoms with E-state index in [0.29, 0.717) is 59.0 Å². The number of ether oxygens (including phenoxy) is 2. The number of rotatable bonds is 5. The zero-order valence-corrected chi connectivity index (χ0v) is 27.4. The molecule has 0 unspecified atom stereocenters. The summed E-state index contributed by atoms with van der Waals surface area (Å²) in [6.07, 6.45) is 0.367. The summed E-state index contributed by atoms with van der Waals surface area (Å²) in [4.78, 5) is 51.0. The Morgan fingerprint density at radius 3 is 2.60 bits per heavy atom. The molecule has 4 aromatic rings. The van der Waals surface area contributed by atoms with Crippen molar-refractivity contribution in [3.05, 3.63) is 77.2 Å². The number of nitrogens with zero attached hydrogens (tertiary/aromatic N) is 5. The van der Waals surface area contributed by atoms with Gasteiger partial charge in [0.25, 0.3) is 5.91 Å². The number of fused-ring (bicyclic) bond motifs is 13. The molecule has 248 valence electrons. The normalized spacial score (nSPS) is 16.4. The fraction of sp³-hybridized carbons (Fsp3) is 0.412. The number of benzene rings is 2. The van der Waals surface area contributed by atoms with Crippen molar-refractivity contribution in [2.24, 2.45) is 5.92 Å². The topological polar surface area (TPSA) is 154 Å². The second-order valence-corrected chi connectivity index (χ2v) is 11.7. The predicted molar refractivity (Wildman–Crippen MR) is 173 cm³/mol. The highest BCUT2D eigenvalue weighted by Crippen LogP contribution is 2.29. The van der Waals surface area contributed by atoms with Crippen LogP contribution in [0.5, 0.6) is 11.5 Å². The second kappa shape index (κ2) is 14.9. The Bertz CT molecular complexity index is 1710. The predicted octanol–water partition coefficient (Wildman–Crippen LogP) is 3.66. The molecule has 13 nitrogen and oxygen atoms in total. The standard InChI is InChI=1S/C34H41N7O6/c1-21(2)31-32-36-23(4)39-41(32)16-17-46-27-13-12-25(18-28(27)45-5)33(44)35-14-9-15-40(20-29(42)38-31)30(43)19-26-22(3)47-34(37-26)24-10-7-6-8-11-24/h6-8,10-13,18,21,31H,9,14-17,19-20H2,1-5H3,(H,35,44)(H,38,42)/t31-/m0/s1. The number of aryl methyl sites for hydroxylation is 2. The minimum absolute atomic E-state index is 0.0301. The molecule has 2 N–H and O–H groups in total. The maximum Gasteiger partial charge on any atom is 0.251 e. The lowest BCUT2D eigenvalue weighted by atomic mass is 10.0. The maximum atomic E-state index is 13.7. The highest BCUT2D eigenvalue weighted by Gasteiger charge is 2.27. The molecular weight excluding hydrogens is 602 g/mol. The van der Waals surface area contributed by atoms with E-state index >= 15 is 0 Å². The summed E-state index contributed by atoms with van der Waals surface area (Å²) in [6, 6.07) is 14.0. The van der Waals surface area contributed by atoms with Gasteiger partial charge in [0.2, 0.25) is 17.7 Å². The highest BCUT2D eigenvalue weighted by molar-refractivity contribution is 5.94. The van der Waals surface area contributed by atoms with Crippen molar-refractivity contribution in [3.63, 3.8) is 0 Å². The van der Waals surface area contributed by atoms with Gasteiger partial charge < -0.3 is 29.4 Å². The Morgan fingerprint density at radius 2 is 1.85 bits per heavy atom. The summed E-state index contributed by atoms with van der Waals surface area (Å²) < 4.78 is 19.1. The van der Waals surface area contributed by atoms with Crippen LogP contribution in [0.25, 0.3) is 11.5 Å². The smallest absolute Gasteiger partial charge is 0.251 e. The van der Waals surface area contributed by atoms with Crippen LogP contribution in [0.4, 0.5) is 0 Å². The lowest BCUT2D eigenvalue weighted by molar-refractivity contribution is -0.136. The number of hydrogen-bond acceptors (Lipinski definition) is 9. The van der Waals surface area contributed by atoms with Crippen LogP contribution in [0.2, 0.25) is 0 Å². The van der Waals surface area contributed by atoms with Crippen LogP contribution in [0.15, 0.2) is 52.9 Å². The van der Waals surface area contributed by atoms with E-state index in [0.717, 1.165) is 5.56 Å². The van der Waals surface area contributed by atoms with Crippen LogP contribution < -0.4 is 20.1 Å². The van der Waals surface area contributed by atoms with Gasteiger partial charge in [-0.2, -0.15) is 5.10 Å². The molecule has 6 rings (SSSR count). The molecule has 1 atom stereocenters. The quantitative estimate of drug-likeness (QED) is 0.332. The second-order valence-electron chi connectivity index (χ2n) is 11.7. The van der Waals surface area contributed by atoms with Crippen molar-refractivity contribution in [2.75, 3.05) is 33.4 Å². The molecule has 2 aliphatic rings. The van der Waals surface area contributed by atoms with E-state index in [1.807, 2.05) is 44.2 Å². The summed E-state index contributed by atoms with van der Waals surface area (Å²) >= 11 is 0. The average Bonchev–Trinajstić information content (AvgIpc) is 3.61. The number of oxazole rings is 1. The van der Waals surface area contributed by atoms with Crippen LogP contribution in [0.1, 0.15) is 59.8 Å². The van der Waals surface area contributed by atoms with E-state index in [1.54, 1.807) is 36.7 Å². The van der Waals surface area contributed by atoms with E-state index in [1.165, 1.54) is 12.0 Å². The minimum atomic E-state index is -0.470. The van der Waals surface area contributed by atoms with Gasteiger partial charge in [0.15, 0.2) is 11.5 Å². The Hall–Kier alpha value is -5.20. The molecule has 2 aromatic carbocycles. The molecule has 4 heterocycles. The van der Waals surface area contributed by atoms with Gasteiger partial charge in [0.1, 0.15) is 24.0 Å². The Labute approximate surface area is 273 Å². The molecule has 2 bridgehead atoms. The Kier molecular flexibility index (Phi) is 10.5. The first-order valence-corrected chi connectivity index (χ1v) is 15.7. The largest absolute Gasteiger partial charge is 0.493 e. The molecule has 3 amide bonds. The molecule has 0 fully saturated rings. The fourth-order valence-corrected chi connectivity index (χ4v) is 5.38. The molecule has 0 aliphatic carbocycles. The summed E-state index contributed by atoms with van der Waals surface area (Å²) in [6.45, 7) is 8.45. The van der Waals surface area contributed by atoms with Crippen LogP contribution in [0, 0.1) is 19.8 Å². The molecule has 0 saturated heterocycles. The molecule has 2 aliphatic heterocycles. The van der Waals surface area contributed by atoms with Gasteiger partial charge in [-0.05, 0) is 56.5 Å². The number of hydrogen-bond donors (Lipinski definition) is 2. The number of nitrogens with one attached hydrogen (secondary N) is 2. The summed E-state index contributed by atoms with van der Waals surface area (Å²) in [5, 5.41) is 10.5. The van der Waals surface area contributed by atoms with Crippen molar-refractivity contribution >= 4 is 17.7 Å². The van der Waals surface area contributed by atoms with Gasteiger partial charge in [0, 0.05) is 24.2 Å². The summed E-state index contributed by atoms with van der Waals surface area (Å²) in [5.41, 5.74) is 1.71. The number of carbonyl (C=O) groups is 3. The minimum Gasteiger partial charge on any atom is -0.493 e. The van der Waals surface area contributed by atoms with Crippen LogP contribution in [0.3, 0.4) is 0 Å². The molecule has 0 radical (unpaired) electrons. The maximum absolute atomic E-state index is 13.7. The molecule has 0 spiro atoms. The van der Waals surface area contributed by atoms with E-state index < -0.39 is 6.04 Å². The SMILES string of the molecule is COc1cc2ccc1OCCn1nc(C)nc1[C@H](C(C)C)NC(=O)CN(C(=O)Cc1nc(-c3ccccc3)oc1C)CCCNC2=O. The lowest BCUT2D eigenvalue weighted by Gasteiger charge is -2.26. The Balaban J connectivity index is 1.40. The van der Waals surface area contributed by atoms with Gasteiger partial charge in [-0.3, -0.25) is 14.4 Å². The van der Waals surface area contributed by atoms with Crippen LogP contribution in [-0.4, -0.2) is 75.7 Å². The van der Waals surface area contributed by atoms with E-state index in [2.05, 4.69) is 25.7 Å². The average molecular weight is 644 g/mol. The van der Waals surface area contributed by atoms with Gasteiger partial charge in [-0.1, -0.05) is 32.0 Å². The lowest BCUT2D eigenvalue weighted by Crippen LogP contribution is -2.44. The fourth-order valence-electron chi connectivity index (χ4n) is 5.38. The van der Waals surface area contributed by atoms with Gasteiger partial charge in [0.05, 0.1) is 38.4 Å². The van der Waals surface area contributed by atoms with Crippen molar-refractivity contribution in [1.82, 2.24) is 35.3 Å². The first kappa shape index (κ1) is 33.2. The molecule has 13 heteroatoms. The van der Waals surface area contributed by atoms with Gasteiger partial charge >= 0.3 is 0 Å². The van der Waals surface area contributed by atoms with Gasteiger partial charge in [-0.25, -0.2) is 14.6 Å². The van der Waals surface area contributed by atoms with Crippen molar-refractivity contribution < 1.29 is 28.3 Å². The first-order chi connectivity index (χ1) is 22.6. The molecule has 47 heavy (non-hydrogen) atoms. The third kappa shape index (κ3) is 8.15. The van der Waals surface area contributed by atoms with E-state index in [4.69, 9.17) is 13.9 Å². The monoisotopic (exact) mass is 643 g/mol. The number of methoxy groups -OCH3 is 1. The highest BCUT2D eigenvalue weighted by atomic mass is 16.5. The molecule has 2 aromatic heterocycles. The van der Waals surface area contributed by atoms with E-state index in [-0.39, 0.29) is 56.3 Å². The summed E-state index contributed by atoms with van der Waals surface area (Å²) in [5.74, 6) is 2.07. The third-order valence-electron chi connectivity index (χ3n) is 7.86. The number of carbonyl (C=O) groups excluding carboxylic acids is 3. The molecule has 0 saturated carbocycles. The molecular formula is C34H41N7O6. The summed E-state index contributed by atoms with van der Waals surface area (Å²) in [7, 11) is 1.52. The van der Waals surface area contributed by atoms with Crippen molar-refractivity contribution in [1.29, 1.82) is 0 Å².